The van der Waals surface area contributed by atoms with Crippen molar-refractivity contribution in [3.8, 4) is 0 Å². The van der Waals surface area contributed by atoms with Gasteiger partial charge in [-0.05, 0) is 84.0 Å². The second-order valence-corrected chi connectivity index (χ2v) is 9.54. The first kappa shape index (κ1) is 35.8. The fraction of sp³-hybridized carbons (Fsp3) is 0.759. The maximum absolute atomic E-state index is 13.2. The smallest absolute Gasteiger partial charge is 0.236 e. The van der Waals surface area contributed by atoms with Gasteiger partial charge in [0.1, 0.15) is 0 Å². The monoisotopic (exact) mass is 536 g/mol. The summed E-state index contributed by atoms with van der Waals surface area (Å²) in [5.41, 5.74) is 11.4. The Morgan fingerprint density at radius 2 is 1.16 bits per heavy atom. The van der Waals surface area contributed by atoms with Crippen molar-refractivity contribution in [3.05, 3.63) is 24.3 Å². The van der Waals surface area contributed by atoms with Crippen LogP contribution in [0, 0.1) is 0 Å². The summed E-state index contributed by atoms with van der Waals surface area (Å²) in [6.45, 7) is 9.60. The van der Waals surface area contributed by atoms with Crippen LogP contribution in [0.5, 0.6) is 0 Å². The van der Waals surface area contributed by atoms with E-state index in [2.05, 4.69) is 41.5 Å². The first-order valence-electron chi connectivity index (χ1n) is 14.7. The molecule has 0 unspecified atom stereocenters. The zero-order valence-corrected chi connectivity index (χ0v) is 24.2. The molecular formula is C29H56N6O3. The summed E-state index contributed by atoms with van der Waals surface area (Å²) in [4.78, 5) is 41.2. The minimum absolute atomic E-state index is 0.0410. The lowest BCUT2D eigenvalue weighted by atomic mass is 10.2. The Morgan fingerprint density at radius 3 is 1.66 bits per heavy atom. The van der Waals surface area contributed by atoms with Crippen LogP contribution in [0.15, 0.2) is 24.3 Å². The highest BCUT2D eigenvalue weighted by atomic mass is 16.2. The summed E-state index contributed by atoms with van der Waals surface area (Å²) >= 11 is 0. The number of nitrogens with zero attached hydrogens (tertiary/aromatic N) is 2. The predicted molar refractivity (Wildman–Crippen MR) is 158 cm³/mol. The van der Waals surface area contributed by atoms with E-state index in [1.165, 1.54) is 0 Å². The number of carbonyl (C=O) groups is 3. The standard InChI is InChI=1S/C29H56N6O3/c1-3-5-7-9-16-27(36)32-20-11-12-24-35(25-15-21-33-28(37)17-10-8-6-4-2)29(38)26-34(22-13-18-30)23-14-19-31/h5-8H,3-4,9-26,30-31H2,1-2H3,(H,32,36)(H,33,37)/b7-5-,8-6-. The molecule has 9 nitrogen and oxygen atoms in total. The molecule has 0 rings (SSSR count). The number of nitrogens with one attached hydrogen (secondary N) is 2. The lowest BCUT2D eigenvalue weighted by Crippen LogP contribution is -2.43. The van der Waals surface area contributed by atoms with E-state index in [-0.39, 0.29) is 17.7 Å². The number of amides is 3. The van der Waals surface area contributed by atoms with Crippen molar-refractivity contribution in [2.75, 3.05) is 58.9 Å². The number of rotatable bonds is 25. The number of hydrogen-bond donors (Lipinski definition) is 4. The van der Waals surface area contributed by atoms with Gasteiger partial charge in [-0.1, -0.05) is 38.2 Å². The number of carbonyl (C=O) groups excluding carboxylic acids is 3. The molecule has 0 aliphatic carbocycles. The van der Waals surface area contributed by atoms with E-state index in [1.54, 1.807) is 0 Å². The molecule has 0 saturated heterocycles. The Hall–Kier alpha value is -2.23. The highest BCUT2D eigenvalue weighted by molar-refractivity contribution is 5.78. The van der Waals surface area contributed by atoms with E-state index in [1.807, 2.05) is 17.1 Å². The number of hydrogen-bond acceptors (Lipinski definition) is 6. The maximum Gasteiger partial charge on any atom is 0.236 e. The Balaban J connectivity index is 4.68. The lowest BCUT2D eigenvalue weighted by molar-refractivity contribution is -0.132. The molecule has 6 N–H and O–H groups in total. The van der Waals surface area contributed by atoms with Crippen molar-refractivity contribution in [2.24, 2.45) is 11.5 Å². The molecule has 9 heteroatoms. The first-order valence-corrected chi connectivity index (χ1v) is 14.7. The first-order chi connectivity index (χ1) is 18.5. The normalized spacial score (nSPS) is 11.5. The van der Waals surface area contributed by atoms with E-state index in [9.17, 15) is 14.4 Å². The quantitative estimate of drug-likeness (QED) is 0.105. The van der Waals surface area contributed by atoms with Crippen LogP contribution in [0.3, 0.4) is 0 Å². The summed E-state index contributed by atoms with van der Waals surface area (Å²) < 4.78 is 0. The summed E-state index contributed by atoms with van der Waals surface area (Å²) in [7, 11) is 0. The van der Waals surface area contributed by atoms with Crippen molar-refractivity contribution in [1.82, 2.24) is 20.4 Å². The van der Waals surface area contributed by atoms with E-state index in [0.717, 1.165) is 64.5 Å². The molecule has 0 bridgehead atoms. The SMILES string of the molecule is CC/C=C\CCC(=O)NCCCCN(CCCNC(=O)CC/C=C\CC)C(=O)CN(CCCN)CCCN. The number of unbranched alkanes of at least 4 members (excludes halogenated alkanes) is 1. The van der Waals surface area contributed by atoms with Gasteiger partial charge in [0.15, 0.2) is 0 Å². The fourth-order valence-corrected chi connectivity index (χ4v) is 3.88. The number of allylic oxidation sites excluding steroid dienone is 4. The third kappa shape index (κ3) is 21.8. The van der Waals surface area contributed by atoms with Gasteiger partial charge in [-0.25, -0.2) is 0 Å². The molecule has 0 aromatic heterocycles. The van der Waals surface area contributed by atoms with Gasteiger partial charge in [0.2, 0.25) is 17.7 Å². The Kier molecular flexibility index (Phi) is 24.8. The minimum Gasteiger partial charge on any atom is -0.356 e. The van der Waals surface area contributed by atoms with E-state index in [4.69, 9.17) is 11.5 Å². The Morgan fingerprint density at radius 1 is 0.658 bits per heavy atom. The Labute approximate surface area is 231 Å². The Bertz CT molecular complexity index is 661. The summed E-state index contributed by atoms with van der Waals surface area (Å²) in [6, 6.07) is 0. The maximum atomic E-state index is 13.2. The second kappa shape index (κ2) is 26.4. The van der Waals surface area contributed by atoms with Crippen LogP contribution in [0.4, 0.5) is 0 Å². The minimum atomic E-state index is 0.0410. The van der Waals surface area contributed by atoms with Gasteiger partial charge < -0.3 is 27.0 Å². The lowest BCUT2D eigenvalue weighted by Gasteiger charge is -2.28. The van der Waals surface area contributed by atoms with E-state index in [0.29, 0.717) is 65.1 Å². The van der Waals surface area contributed by atoms with Crippen molar-refractivity contribution in [3.63, 3.8) is 0 Å². The van der Waals surface area contributed by atoms with Gasteiger partial charge in [0.25, 0.3) is 0 Å². The van der Waals surface area contributed by atoms with Crippen LogP contribution in [0.1, 0.15) is 84.5 Å². The molecule has 0 aliphatic heterocycles. The third-order valence-electron chi connectivity index (χ3n) is 6.05. The molecule has 38 heavy (non-hydrogen) atoms. The molecular weight excluding hydrogens is 480 g/mol. The van der Waals surface area contributed by atoms with Crippen LogP contribution in [-0.4, -0.2) is 86.4 Å². The molecule has 0 atom stereocenters. The van der Waals surface area contributed by atoms with Crippen LogP contribution in [0.25, 0.3) is 0 Å². The van der Waals surface area contributed by atoms with Crippen molar-refractivity contribution in [2.45, 2.75) is 84.5 Å². The topological polar surface area (TPSA) is 134 Å². The largest absolute Gasteiger partial charge is 0.356 e. The van der Waals surface area contributed by atoms with Gasteiger partial charge in [-0.2, -0.15) is 0 Å². The molecule has 220 valence electrons. The van der Waals surface area contributed by atoms with Crippen LogP contribution >= 0.6 is 0 Å². The molecule has 0 radical (unpaired) electrons. The highest BCUT2D eigenvalue weighted by Crippen LogP contribution is 2.03. The molecule has 3 amide bonds. The van der Waals surface area contributed by atoms with Crippen LogP contribution in [0.2, 0.25) is 0 Å². The van der Waals surface area contributed by atoms with Gasteiger partial charge >= 0.3 is 0 Å². The van der Waals surface area contributed by atoms with E-state index < -0.39 is 0 Å². The summed E-state index contributed by atoms with van der Waals surface area (Å²) in [5.74, 6) is 0.191. The average Bonchev–Trinajstić information content (AvgIpc) is 2.91. The van der Waals surface area contributed by atoms with Crippen LogP contribution in [-0.2, 0) is 14.4 Å². The van der Waals surface area contributed by atoms with Crippen molar-refractivity contribution < 1.29 is 14.4 Å². The zero-order valence-electron chi connectivity index (χ0n) is 24.2. The molecule has 0 aliphatic rings. The number of nitrogens with two attached hydrogens (primary N) is 2. The van der Waals surface area contributed by atoms with Crippen molar-refractivity contribution in [1.29, 1.82) is 0 Å². The van der Waals surface area contributed by atoms with Gasteiger partial charge in [-0.3, -0.25) is 19.3 Å². The molecule has 0 aromatic carbocycles. The molecule has 0 spiro atoms. The predicted octanol–water partition coefficient (Wildman–Crippen LogP) is 2.71. The molecule has 0 aromatic rings. The van der Waals surface area contributed by atoms with Gasteiger partial charge in [0.05, 0.1) is 6.54 Å². The van der Waals surface area contributed by atoms with Gasteiger partial charge in [0, 0.05) is 39.0 Å². The second-order valence-electron chi connectivity index (χ2n) is 9.54. The van der Waals surface area contributed by atoms with E-state index >= 15 is 0 Å². The highest BCUT2D eigenvalue weighted by Gasteiger charge is 2.17. The summed E-state index contributed by atoms with van der Waals surface area (Å²) in [6.07, 6.45) is 16.7. The van der Waals surface area contributed by atoms with Crippen LogP contribution < -0.4 is 22.1 Å². The third-order valence-corrected chi connectivity index (χ3v) is 6.05. The molecule has 0 fully saturated rings. The fourth-order valence-electron chi connectivity index (χ4n) is 3.88. The van der Waals surface area contributed by atoms with Crippen molar-refractivity contribution >= 4 is 17.7 Å². The van der Waals surface area contributed by atoms with Gasteiger partial charge in [-0.15, -0.1) is 0 Å². The average molecular weight is 537 g/mol. The summed E-state index contributed by atoms with van der Waals surface area (Å²) in [5, 5.41) is 5.93. The molecule has 0 saturated carbocycles. The molecule has 0 heterocycles. The zero-order chi connectivity index (χ0) is 28.3.